The zero-order valence-corrected chi connectivity index (χ0v) is 13.7. The van der Waals surface area contributed by atoms with Crippen molar-refractivity contribution in [1.29, 1.82) is 0 Å². The Balaban J connectivity index is 2.75. The van der Waals surface area contributed by atoms with Crippen molar-refractivity contribution in [3.05, 3.63) is 11.6 Å². The molecule has 0 aromatic heterocycles. The largest absolute Gasteiger partial charge is 0.393 e. The SMILES string of the molecule is CC(C)=CCC(C)ON1C(C)(C)CC(O)CC1(C)C. The number of nitrogens with zero attached hydrogens (tertiary/aromatic N) is 1. The van der Waals surface area contributed by atoms with Crippen LogP contribution in [0.4, 0.5) is 0 Å². The van der Waals surface area contributed by atoms with Crippen LogP contribution in [-0.4, -0.2) is 33.5 Å². The number of aliphatic hydroxyl groups excluding tert-OH is 1. The fourth-order valence-corrected chi connectivity index (χ4v) is 3.12. The first-order chi connectivity index (χ1) is 8.54. The summed E-state index contributed by atoms with van der Waals surface area (Å²) in [5.74, 6) is 0. The van der Waals surface area contributed by atoms with Gasteiger partial charge >= 0.3 is 0 Å². The molecule has 112 valence electrons. The van der Waals surface area contributed by atoms with Gasteiger partial charge in [-0.2, -0.15) is 5.06 Å². The predicted octanol–water partition coefficient (Wildman–Crippen LogP) is 3.68. The molecule has 3 heteroatoms. The Morgan fingerprint density at radius 3 is 2.16 bits per heavy atom. The molecule has 1 saturated heterocycles. The van der Waals surface area contributed by atoms with E-state index in [1.807, 2.05) is 0 Å². The molecule has 1 atom stereocenters. The molecular formula is C16H31NO2. The summed E-state index contributed by atoms with van der Waals surface area (Å²) in [6, 6.07) is 0. The lowest BCUT2D eigenvalue weighted by Crippen LogP contribution is -2.62. The Hall–Kier alpha value is -0.380. The van der Waals surface area contributed by atoms with Crippen molar-refractivity contribution in [3.63, 3.8) is 0 Å². The maximum atomic E-state index is 10.0. The van der Waals surface area contributed by atoms with Crippen molar-refractivity contribution in [2.24, 2.45) is 0 Å². The minimum absolute atomic E-state index is 0.138. The number of rotatable bonds is 4. The minimum Gasteiger partial charge on any atom is -0.393 e. The number of hydroxylamine groups is 2. The quantitative estimate of drug-likeness (QED) is 0.790. The van der Waals surface area contributed by atoms with Crippen molar-refractivity contribution < 1.29 is 9.94 Å². The summed E-state index contributed by atoms with van der Waals surface area (Å²) in [5, 5.41) is 12.1. The van der Waals surface area contributed by atoms with Crippen LogP contribution in [0.2, 0.25) is 0 Å². The minimum atomic E-state index is -0.238. The van der Waals surface area contributed by atoms with Crippen molar-refractivity contribution in [3.8, 4) is 0 Å². The van der Waals surface area contributed by atoms with Crippen LogP contribution in [0.5, 0.6) is 0 Å². The van der Waals surface area contributed by atoms with Gasteiger partial charge in [0.1, 0.15) is 0 Å². The molecular weight excluding hydrogens is 238 g/mol. The summed E-state index contributed by atoms with van der Waals surface area (Å²) in [5.41, 5.74) is 1.05. The fourth-order valence-electron chi connectivity index (χ4n) is 3.12. The van der Waals surface area contributed by atoms with Gasteiger partial charge in [0.25, 0.3) is 0 Å². The molecule has 0 amide bonds. The fraction of sp³-hybridized carbons (Fsp3) is 0.875. The molecule has 0 aliphatic carbocycles. The van der Waals surface area contributed by atoms with Crippen LogP contribution >= 0.6 is 0 Å². The normalized spacial score (nSPS) is 25.1. The summed E-state index contributed by atoms with van der Waals surface area (Å²) in [6.45, 7) is 14.9. The van der Waals surface area contributed by atoms with Crippen molar-refractivity contribution >= 4 is 0 Å². The number of aliphatic hydroxyl groups is 1. The molecule has 1 aliphatic rings. The van der Waals surface area contributed by atoms with E-state index in [9.17, 15) is 5.11 Å². The maximum Gasteiger partial charge on any atom is 0.0800 e. The molecule has 1 fully saturated rings. The molecule has 0 radical (unpaired) electrons. The topological polar surface area (TPSA) is 32.7 Å². The monoisotopic (exact) mass is 269 g/mol. The molecule has 19 heavy (non-hydrogen) atoms. The standard InChI is InChI=1S/C16H31NO2/c1-12(2)8-9-13(3)19-17-15(4,5)10-14(18)11-16(17,6)7/h8,13-14,18H,9-11H2,1-7H3. The van der Waals surface area contributed by atoms with Crippen molar-refractivity contribution in [2.45, 2.75) is 91.0 Å². The Kier molecular flexibility index (Phi) is 5.21. The average Bonchev–Trinajstić information content (AvgIpc) is 2.18. The van der Waals surface area contributed by atoms with Gasteiger partial charge in [-0.1, -0.05) is 11.6 Å². The highest BCUT2D eigenvalue weighted by molar-refractivity contribution is 4.97. The van der Waals surface area contributed by atoms with Crippen LogP contribution in [-0.2, 0) is 4.84 Å². The van der Waals surface area contributed by atoms with E-state index >= 15 is 0 Å². The van der Waals surface area contributed by atoms with Gasteiger partial charge < -0.3 is 5.11 Å². The van der Waals surface area contributed by atoms with Crippen LogP contribution in [0.3, 0.4) is 0 Å². The second-order valence-electron chi connectivity index (χ2n) is 7.41. The Labute approximate surface area is 118 Å². The lowest BCUT2D eigenvalue weighted by atomic mass is 9.80. The van der Waals surface area contributed by atoms with Crippen LogP contribution in [0.15, 0.2) is 11.6 Å². The van der Waals surface area contributed by atoms with E-state index in [0.717, 1.165) is 19.3 Å². The Bertz CT molecular complexity index is 312. The van der Waals surface area contributed by atoms with E-state index in [1.54, 1.807) is 0 Å². The van der Waals surface area contributed by atoms with Gasteiger partial charge in [-0.25, -0.2) is 0 Å². The first kappa shape index (κ1) is 16.7. The van der Waals surface area contributed by atoms with Crippen LogP contribution in [0, 0.1) is 0 Å². The van der Waals surface area contributed by atoms with Crippen LogP contribution in [0.25, 0.3) is 0 Å². The zero-order valence-electron chi connectivity index (χ0n) is 13.7. The third kappa shape index (κ3) is 4.59. The van der Waals surface area contributed by atoms with Gasteiger partial charge in [0.05, 0.1) is 12.2 Å². The molecule has 1 unspecified atom stereocenters. The Morgan fingerprint density at radius 1 is 1.26 bits per heavy atom. The first-order valence-electron chi connectivity index (χ1n) is 7.33. The van der Waals surface area contributed by atoms with Gasteiger partial charge in [0.2, 0.25) is 0 Å². The third-order valence-electron chi connectivity index (χ3n) is 3.71. The highest BCUT2D eigenvalue weighted by Gasteiger charge is 2.46. The lowest BCUT2D eigenvalue weighted by Gasteiger charge is -2.53. The number of allylic oxidation sites excluding steroid dienone is 1. The lowest BCUT2D eigenvalue weighted by molar-refractivity contribution is -0.310. The summed E-state index contributed by atoms with van der Waals surface area (Å²) >= 11 is 0. The van der Waals surface area contributed by atoms with E-state index in [-0.39, 0.29) is 23.3 Å². The van der Waals surface area contributed by atoms with E-state index in [0.29, 0.717) is 0 Å². The second kappa shape index (κ2) is 5.94. The summed E-state index contributed by atoms with van der Waals surface area (Å²) in [6.07, 6.45) is 4.57. The molecule has 0 aromatic carbocycles. The number of piperidine rings is 1. The molecule has 0 bridgehead atoms. The predicted molar refractivity (Wildman–Crippen MR) is 79.8 cm³/mol. The van der Waals surface area contributed by atoms with E-state index in [2.05, 4.69) is 59.6 Å². The molecule has 3 nitrogen and oxygen atoms in total. The van der Waals surface area contributed by atoms with Gasteiger partial charge in [-0.3, -0.25) is 4.84 Å². The number of hydrogen-bond acceptors (Lipinski definition) is 3. The molecule has 0 spiro atoms. The molecule has 1 aliphatic heterocycles. The summed E-state index contributed by atoms with van der Waals surface area (Å²) in [4.78, 5) is 6.20. The highest BCUT2D eigenvalue weighted by Crippen LogP contribution is 2.39. The second-order valence-corrected chi connectivity index (χ2v) is 7.41. The van der Waals surface area contributed by atoms with Crippen molar-refractivity contribution in [2.75, 3.05) is 0 Å². The Morgan fingerprint density at radius 2 is 1.74 bits per heavy atom. The molecule has 0 saturated carbocycles. The first-order valence-corrected chi connectivity index (χ1v) is 7.33. The highest BCUT2D eigenvalue weighted by atomic mass is 16.7. The molecule has 1 rings (SSSR count). The zero-order chi connectivity index (χ0) is 14.8. The molecule has 1 N–H and O–H groups in total. The third-order valence-corrected chi connectivity index (χ3v) is 3.71. The van der Waals surface area contributed by atoms with Gasteiger partial charge in [-0.05, 0) is 67.7 Å². The average molecular weight is 269 g/mol. The molecule has 1 heterocycles. The van der Waals surface area contributed by atoms with Crippen molar-refractivity contribution in [1.82, 2.24) is 5.06 Å². The van der Waals surface area contributed by atoms with E-state index in [4.69, 9.17) is 4.84 Å². The van der Waals surface area contributed by atoms with Gasteiger partial charge in [0.15, 0.2) is 0 Å². The van der Waals surface area contributed by atoms with Gasteiger partial charge in [-0.15, -0.1) is 0 Å². The summed E-state index contributed by atoms with van der Waals surface area (Å²) < 4.78 is 0. The van der Waals surface area contributed by atoms with Gasteiger partial charge in [0, 0.05) is 11.1 Å². The van der Waals surface area contributed by atoms with E-state index < -0.39 is 0 Å². The molecule has 0 aromatic rings. The number of hydrogen-bond donors (Lipinski definition) is 1. The van der Waals surface area contributed by atoms with Crippen LogP contribution in [0.1, 0.15) is 67.7 Å². The maximum absolute atomic E-state index is 10.0. The van der Waals surface area contributed by atoms with Crippen LogP contribution < -0.4 is 0 Å². The summed E-state index contributed by atoms with van der Waals surface area (Å²) in [7, 11) is 0. The smallest absolute Gasteiger partial charge is 0.0800 e. The van der Waals surface area contributed by atoms with E-state index in [1.165, 1.54) is 5.57 Å².